The van der Waals surface area contributed by atoms with Crippen molar-refractivity contribution in [2.45, 2.75) is 43.2 Å². The van der Waals surface area contributed by atoms with Gasteiger partial charge in [0.05, 0.1) is 90.6 Å². The molecule has 8 rings (SSSR count). The Hall–Kier alpha value is -8.40. The van der Waals surface area contributed by atoms with Crippen molar-refractivity contribution in [2.24, 2.45) is 40.9 Å². The summed E-state index contributed by atoms with van der Waals surface area (Å²) in [7, 11) is -36.0. The molecular weight excluding hydrogens is 1440 g/mol. The van der Waals surface area contributed by atoms with Crippen molar-refractivity contribution in [2.75, 3.05) is 43.3 Å². The van der Waals surface area contributed by atoms with Gasteiger partial charge < -0.3 is 53.7 Å². The topological polar surface area (TPSA) is 626 Å². The first-order valence-electron chi connectivity index (χ1n) is 25.8. The van der Waals surface area contributed by atoms with Crippen molar-refractivity contribution >= 4 is 161 Å². The second-order valence-corrected chi connectivity index (χ2v) is 31.7. The Kier molecular flexibility index (Phi) is 22.4. The van der Waals surface area contributed by atoms with E-state index in [1.54, 1.807) is 49.4 Å². The molecule has 0 heterocycles. The van der Waals surface area contributed by atoms with Gasteiger partial charge in [-0.15, -0.1) is 25.6 Å². The Labute approximate surface area is 547 Å². The van der Waals surface area contributed by atoms with Crippen LogP contribution in [0.25, 0.3) is 21.5 Å². The van der Waals surface area contributed by atoms with Gasteiger partial charge in [0.15, 0.2) is 31.2 Å². The second-order valence-electron chi connectivity index (χ2n) is 19.5. The largest absolute Gasteiger partial charge is 0.505 e. The van der Waals surface area contributed by atoms with Gasteiger partial charge in [-0.05, 0) is 127 Å². The molecule has 8 aromatic rings. The van der Waals surface area contributed by atoms with Crippen molar-refractivity contribution < 1.29 is 119 Å². The first kappa shape index (κ1) is 75.0. The standard InChI is InChI=1S/C26H27N5O14S4.C25H25N5O13S4/c1-14-3-8-19(44-2)18(11-14)29-31-25-21(48(38,39)40)13-15-12-20(47(35,36)37)24(23(27)22(15)26(25)32)30-28-16-4-6-17(7-5-16)46(33,34)10-9-45-49(41,42)43;1-14-2-4-16(5-3-14)28-30-24-20(46(37,38)39)13-15-12-19(45(34,35)36)23(22(26)21(15)25(24)31)29-27-17-6-8-18(9-7-17)44(32,33)11-10-43-47(40,41)42/h3-8,11-13,32,38-40H,9-10,27H2,1-2H3,(H,35,36,37)(H,41,42,43);2-9,12-13,31,37-39H,10-11,26H2,1H3,(H,34,35,36)(H,40,41,42). The molecule has 0 spiro atoms. The van der Waals surface area contributed by atoms with Crippen LogP contribution in [-0.4, -0.2) is 138 Å². The maximum absolute atomic E-state index is 12.4. The molecule has 16 N–H and O–H groups in total. The highest BCUT2D eigenvalue weighted by molar-refractivity contribution is 8.19. The third-order valence-corrected chi connectivity index (χ3v) is 20.6. The van der Waals surface area contributed by atoms with Crippen molar-refractivity contribution in [1.82, 2.24) is 0 Å². The molecular formula is C51H52N10O27S8. The molecule has 45 heteroatoms. The zero-order valence-electron chi connectivity index (χ0n) is 48.8. The predicted octanol–water partition coefficient (Wildman–Crippen LogP) is 11.4. The zero-order valence-corrected chi connectivity index (χ0v) is 55.3. The molecule has 0 amide bonds. The fourth-order valence-corrected chi connectivity index (χ4v) is 14.0. The van der Waals surface area contributed by atoms with Crippen LogP contribution in [0.5, 0.6) is 17.2 Å². The molecule has 0 aromatic heterocycles. The van der Waals surface area contributed by atoms with E-state index >= 15 is 0 Å². The number of azo groups is 4. The summed E-state index contributed by atoms with van der Waals surface area (Å²) in [5.41, 5.74) is 10.5. The van der Waals surface area contributed by atoms with Crippen molar-refractivity contribution in [3.63, 3.8) is 0 Å². The monoisotopic (exact) mass is 1490 g/mol. The molecule has 0 fully saturated rings. The number of hydrogen-bond acceptors (Lipinski definition) is 33. The highest BCUT2D eigenvalue weighted by Gasteiger charge is 2.32. The van der Waals surface area contributed by atoms with Gasteiger partial charge in [0, 0.05) is 0 Å². The van der Waals surface area contributed by atoms with Crippen molar-refractivity contribution in [3.8, 4) is 17.2 Å². The van der Waals surface area contributed by atoms with Gasteiger partial charge in [-0.3, -0.25) is 18.2 Å². The lowest BCUT2D eigenvalue weighted by molar-refractivity contribution is 0.282. The number of methoxy groups -OCH3 is 1. The summed E-state index contributed by atoms with van der Waals surface area (Å²) >= 11 is 0. The molecule has 0 atom stereocenters. The highest BCUT2D eigenvalue weighted by atomic mass is 32.3. The number of ether oxygens (including phenoxy) is 1. The maximum atomic E-state index is 12.4. The number of phenols is 2. The molecule has 516 valence electrons. The van der Waals surface area contributed by atoms with Gasteiger partial charge >= 0.3 is 20.8 Å². The minimum absolute atomic E-state index is 0.0553. The van der Waals surface area contributed by atoms with Crippen LogP contribution in [0, 0.1) is 13.8 Å². The van der Waals surface area contributed by atoms with E-state index in [1.165, 1.54) is 7.11 Å². The first-order valence-corrected chi connectivity index (χ1v) is 37.7. The Balaban J connectivity index is 0.000000271. The molecule has 37 nitrogen and oxygen atoms in total. The minimum Gasteiger partial charge on any atom is -0.505 e. The number of nitrogen functional groups attached to an aromatic ring is 2. The number of phenolic OH excluding ortho intramolecular Hbond substituents is 2. The third-order valence-electron chi connectivity index (χ3n) is 12.8. The average molecular weight is 1490 g/mol. The van der Waals surface area contributed by atoms with Crippen LogP contribution >= 0.6 is 21.7 Å². The van der Waals surface area contributed by atoms with Gasteiger partial charge in [0.2, 0.25) is 0 Å². The smallest absolute Gasteiger partial charge is 0.397 e. The Morgan fingerprint density at radius 2 is 0.719 bits per heavy atom. The molecule has 0 saturated carbocycles. The molecule has 0 radical (unpaired) electrons. The summed E-state index contributed by atoms with van der Waals surface area (Å²) in [6.07, 6.45) is 0. The highest BCUT2D eigenvalue weighted by Crippen LogP contribution is 2.58. The van der Waals surface area contributed by atoms with Crippen molar-refractivity contribution in [1.29, 1.82) is 0 Å². The predicted molar refractivity (Wildman–Crippen MR) is 345 cm³/mol. The van der Waals surface area contributed by atoms with Crippen LogP contribution in [-0.2, 0) is 69.1 Å². The van der Waals surface area contributed by atoms with Gasteiger partial charge in [0.1, 0.15) is 65.7 Å². The number of aromatic hydroxyl groups is 2. The van der Waals surface area contributed by atoms with E-state index in [1.807, 2.05) is 6.92 Å². The van der Waals surface area contributed by atoms with E-state index in [4.69, 9.17) is 25.3 Å². The number of anilines is 2. The number of aryl methyl sites for hydroxylation is 2. The Morgan fingerprint density at radius 3 is 1.05 bits per heavy atom. The van der Waals surface area contributed by atoms with Gasteiger partial charge in [-0.25, -0.2) is 25.2 Å². The first-order chi connectivity index (χ1) is 44.3. The van der Waals surface area contributed by atoms with Gasteiger partial charge in [-0.1, -0.05) is 23.8 Å². The summed E-state index contributed by atoms with van der Waals surface area (Å²) < 4.78 is 253. The lowest BCUT2D eigenvalue weighted by Gasteiger charge is -2.23. The van der Waals surface area contributed by atoms with Gasteiger partial charge in [0.25, 0.3) is 20.2 Å². The van der Waals surface area contributed by atoms with Crippen LogP contribution < -0.4 is 16.2 Å². The summed E-state index contributed by atoms with van der Waals surface area (Å²) in [6.45, 7) is 1.84. The molecule has 0 saturated heterocycles. The SMILES string of the molecule is COc1ccc(C)cc1N=Nc1c(S(O)(O)O)cc2cc(S(=O)(=O)O)c(N=Nc3ccc(S(=O)(=O)CCOS(=O)(=O)O)cc3)c(N)c2c1O.Cc1ccc(N=Nc2c(S(O)(O)O)cc3cc(S(=O)(=O)O)c(N=Nc4ccc(S(=O)(=O)CCOS(=O)(=O)O)cc4)c(N)c3c2O)cc1. The van der Waals surface area contributed by atoms with Crippen LogP contribution in [0.2, 0.25) is 0 Å². The molecule has 0 aliphatic carbocycles. The fraction of sp³-hybridized carbons (Fsp3) is 0.137. The number of sulfone groups is 2. The molecule has 0 unspecified atom stereocenters. The Bertz CT molecular complexity index is 5210. The summed E-state index contributed by atoms with van der Waals surface area (Å²) in [4.78, 5) is -3.98. The fourth-order valence-electron chi connectivity index (χ4n) is 8.32. The van der Waals surface area contributed by atoms with Crippen LogP contribution in [0.3, 0.4) is 0 Å². The van der Waals surface area contributed by atoms with Crippen LogP contribution in [0.1, 0.15) is 11.1 Å². The Morgan fingerprint density at radius 1 is 0.396 bits per heavy atom. The van der Waals surface area contributed by atoms with Gasteiger partial charge in [-0.2, -0.15) is 49.0 Å². The van der Waals surface area contributed by atoms with E-state index in [2.05, 4.69) is 49.3 Å². The van der Waals surface area contributed by atoms with E-state index in [0.29, 0.717) is 0 Å². The average Bonchev–Trinajstić information content (AvgIpc) is 0.747. The number of fused-ring (bicyclic) bond motifs is 2. The number of hydrogen-bond donors (Lipinski definition) is 14. The van der Waals surface area contributed by atoms with Crippen molar-refractivity contribution in [3.05, 3.63) is 126 Å². The molecule has 96 heavy (non-hydrogen) atoms. The van der Waals surface area contributed by atoms with E-state index < -0.39 is 172 Å². The minimum atomic E-state index is -5.13. The molecule has 0 bridgehead atoms. The number of nitrogens with zero attached hydrogens (tertiary/aromatic N) is 8. The second kappa shape index (κ2) is 28.7. The van der Waals surface area contributed by atoms with E-state index in [9.17, 15) is 97.1 Å². The zero-order chi connectivity index (χ0) is 71.5. The van der Waals surface area contributed by atoms with Crippen LogP contribution in [0.15, 0.2) is 186 Å². The number of nitrogens with two attached hydrogens (primary N) is 2. The number of benzene rings is 8. The molecule has 0 aliphatic rings. The summed E-state index contributed by atoms with van der Waals surface area (Å²) in [6, 6.07) is 23.5. The lowest BCUT2D eigenvalue weighted by atomic mass is 10.1. The molecule has 0 aliphatic heterocycles. The quantitative estimate of drug-likeness (QED) is 0.0161. The normalized spacial score (nSPS) is 13.5. The summed E-state index contributed by atoms with van der Waals surface area (Å²) in [5, 5.41) is 52.0. The lowest BCUT2D eigenvalue weighted by Crippen LogP contribution is -2.15. The van der Waals surface area contributed by atoms with Crippen LogP contribution in [0.4, 0.5) is 56.9 Å². The maximum Gasteiger partial charge on any atom is 0.397 e. The molecule has 8 aromatic carbocycles. The van der Waals surface area contributed by atoms with E-state index in [-0.39, 0.29) is 59.8 Å². The van der Waals surface area contributed by atoms with E-state index in [0.717, 1.165) is 83.9 Å². The third kappa shape index (κ3) is 18.8. The number of rotatable bonds is 23. The summed E-state index contributed by atoms with van der Waals surface area (Å²) in [5.74, 6) is -3.13.